The summed E-state index contributed by atoms with van der Waals surface area (Å²) in [6.45, 7) is 3.25. The molecule has 4 nitrogen and oxygen atoms in total. The van der Waals surface area contributed by atoms with Gasteiger partial charge in [0.2, 0.25) is 0 Å². The third-order valence-electron chi connectivity index (χ3n) is 3.63. The van der Waals surface area contributed by atoms with Crippen LogP contribution < -0.4 is 5.30 Å². The molecular weight excluding hydrogens is 311 g/mol. The smallest absolute Gasteiger partial charge is 0.267 e. The fraction of sp³-hybridized carbons (Fsp3) is 0.278. The number of hydrogen-bond acceptors (Lipinski definition) is 4. The molecule has 0 aliphatic rings. The fourth-order valence-corrected chi connectivity index (χ4v) is 5.27. The molecular formula is C18H21O4P. The maximum atomic E-state index is 13.7. The van der Waals surface area contributed by atoms with E-state index in [1.54, 1.807) is 67.6 Å². The van der Waals surface area contributed by atoms with Crippen molar-refractivity contribution in [2.75, 3.05) is 6.61 Å². The molecule has 0 amide bonds. The second kappa shape index (κ2) is 7.22. The summed E-state index contributed by atoms with van der Waals surface area (Å²) in [6, 6.07) is 17.2. The fourth-order valence-electron chi connectivity index (χ4n) is 2.63. The molecule has 2 aromatic carbocycles. The van der Waals surface area contributed by atoms with Gasteiger partial charge in [-0.05, 0) is 31.5 Å². The van der Waals surface area contributed by atoms with Gasteiger partial charge in [0.05, 0.1) is 6.61 Å². The lowest BCUT2D eigenvalue weighted by Gasteiger charge is -2.35. The van der Waals surface area contributed by atoms with Crippen molar-refractivity contribution >= 4 is 18.5 Å². The lowest BCUT2D eigenvalue weighted by atomic mass is 10.0. The minimum atomic E-state index is -3.73. The molecule has 1 N–H and O–H groups in total. The van der Waals surface area contributed by atoms with Crippen LogP contribution in [-0.4, -0.2) is 17.5 Å². The van der Waals surface area contributed by atoms with Crippen LogP contribution in [0.3, 0.4) is 0 Å². The highest BCUT2D eigenvalue weighted by atomic mass is 31.2. The Kier molecular flexibility index (Phi) is 5.53. The topological polar surface area (TPSA) is 63.6 Å². The quantitative estimate of drug-likeness (QED) is 0.789. The van der Waals surface area contributed by atoms with Gasteiger partial charge in [0, 0.05) is 11.7 Å². The van der Waals surface area contributed by atoms with Crippen LogP contribution in [0.5, 0.6) is 0 Å². The molecule has 2 atom stereocenters. The van der Waals surface area contributed by atoms with Crippen LogP contribution >= 0.6 is 7.37 Å². The van der Waals surface area contributed by atoms with Gasteiger partial charge in [-0.2, -0.15) is 0 Å². The van der Waals surface area contributed by atoms with Crippen LogP contribution in [0.1, 0.15) is 25.8 Å². The molecule has 2 rings (SSSR count). The predicted molar refractivity (Wildman–Crippen MR) is 90.9 cm³/mol. The number of aliphatic hydroxyl groups is 1. The highest BCUT2D eigenvalue weighted by Crippen LogP contribution is 2.63. The zero-order valence-corrected chi connectivity index (χ0v) is 14.2. The Morgan fingerprint density at radius 3 is 2.09 bits per heavy atom. The van der Waals surface area contributed by atoms with Crippen molar-refractivity contribution in [1.82, 2.24) is 0 Å². The SMILES string of the molecule is CCO[P@](=O)(c1ccccc1)[C@@](O)(CC(C)=O)c1ccccc1. The second-order valence-corrected chi connectivity index (χ2v) is 7.98. The number of carbonyl (C=O) groups is 1. The van der Waals surface area contributed by atoms with Crippen molar-refractivity contribution in [3.05, 3.63) is 66.2 Å². The normalized spacial score (nSPS) is 16.3. The molecule has 122 valence electrons. The van der Waals surface area contributed by atoms with Crippen LogP contribution in [0, 0.1) is 0 Å². The van der Waals surface area contributed by atoms with E-state index in [0.29, 0.717) is 10.9 Å². The summed E-state index contributed by atoms with van der Waals surface area (Å²) in [5, 5.41) is 9.85. The zero-order valence-electron chi connectivity index (χ0n) is 13.3. The van der Waals surface area contributed by atoms with Crippen molar-refractivity contribution in [1.29, 1.82) is 0 Å². The van der Waals surface area contributed by atoms with E-state index in [2.05, 4.69) is 0 Å². The third kappa shape index (κ3) is 3.45. The summed E-state index contributed by atoms with van der Waals surface area (Å²) in [5.74, 6) is -0.257. The van der Waals surface area contributed by atoms with E-state index in [1.165, 1.54) is 6.92 Å². The first kappa shape index (κ1) is 17.6. The Morgan fingerprint density at radius 2 is 1.61 bits per heavy atom. The number of benzene rings is 2. The van der Waals surface area contributed by atoms with Gasteiger partial charge in [-0.25, -0.2) is 0 Å². The molecule has 0 aromatic heterocycles. The van der Waals surface area contributed by atoms with Gasteiger partial charge in [-0.1, -0.05) is 48.5 Å². The largest absolute Gasteiger partial charge is 0.374 e. The predicted octanol–water partition coefficient (Wildman–Crippen LogP) is 3.45. The maximum absolute atomic E-state index is 13.7. The molecule has 0 aliphatic carbocycles. The average molecular weight is 332 g/mol. The Labute approximate surface area is 136 Å². The summed E-state index contributed by atoms with van der Waals surface area (Å²) in [4.78, 5) is 11.8. The molecule has 23 heavy (non-hydrogen) atoms. The van der Waals surface area contributed by atoms with Crippen molar-refractivity contribution in [2.45, 2.75) is 25.6 Å². The first-order valence-electron chi connectivity index (χ1n) is 7.51. The van der Waals surface area contributed by atoms with E-state index < -0.39 is 12.7 Å². The number of rotatable bonds is 7. The van der Waals surface area contributed by atoms with Crippen LogP contribution in [0.4, 0.5) is 0 Å². The zero-order chi connectivity index (χ0) is 16.9. The summed E-state index contributed by atoms with van der Waals surface area (Å²) in [6.07, 6.45) is -0.275. The molecule has 0 fully saturated rings. The van der Waals surface area contributed by atoms with Crippen LogP contribution in [0.15, 0.2) is 60.7 Å². The molecule has 2 aromatic rings. The minimum Gasteiger partial charge on any atom is -0.374 e. The van der Waals surface area contributed by atoms with Crippen LogP contribution in [0.2, 0.25) is 0 Å². The number of hydrogen-bond donors (Lipinski definition) is 1. The van der Waals surface area contributed by atoms with E-state index in [0.717, 1.165) is 0 Å². The summed E-state index contributed by atoms with van der Waals surface area (Å²) < 4.78 is 19.3. The van der Waals surface area contributed by atoms with Crippen molar-refractivity contribution in [3.63, 3.8) is 0 Å². The van der Waals surface area contributed by atoms with Gasteiger partial charge in [-0.15, -0.1) is 0 Å². The summed E-state index contributed by atoms with van der Waals surface area (Å²) >= 11 is 0. The molecule has 0 radical (unpaired) electrons. The lowest BCUT2D eigenvalue weighted by Crippen LogP contribution is -2.34. The number of ketones is 1. The van der Waals surface area contributed by atoms with Crippen molar-refractivity contribution in [2.24, 2.45) is 0 Å². The standard InChI is InChI=1S/C18H21O4P/c1-3-22-23(21,17-12-8-5-9-13-17)18(20,14-15(2)19)16-10-6-4-7-11-16/h4-13,20H,3,14H2,1-2H3/t18-,23+/m0/s1. The molecule has 5 heteroatoms. The van der Waals surface area contributed by atoms with E-state index in [1.807, 2.05) is 0 Å². The third-order valence-corrected chi connectivity index (χ3v) is 6.62. The van der Waals surface area contributed by atoms with E-state index in [9.17, 15) is 14.5 Å². The molecule has 0 spiro atoms. The lowest BCUT2D eigenvalue weighted by molar-refractivity contribution is -0.120. The Morgan fingerprint density at radius 1 is 1.09 bits per heavy atom. The summed E-state index contributed by atoms with van der Waals surface area (Å²) in [7, 11) is -3.73. The Bertz CT molecular complexity index is 699. The first-order chi connectivity index (χ1) is 10.9. The van der Waals surface area contributed by atoms with Gasteiger partial charge in [0.1, 0.15) is 5.78 Å². The van der Waals surface area contributed by atoms with E-state index in [4.69, 9.17) is 4.52 Å². The minimum absolute atomic E-state index is 0.166. The molecule has 0 bridgehead atoms. The monoisotopic (exact) mass is 332 g/mol. The number of carbonyl (C=O) groups excluding carboxylic acids is 1. The van der Waals surface area contributed by atoms with Gasteiger partial charge in [0.25, 0.3) is 7.37 Å². The average Bonchev–Trinajstić information content (AvgIpc) is 2.56. The first-order valence-corrected chi connectivity index (χ1v) is 9.14. The highest BCUT2D eigenvalue weighted by Gasteiger charge is 2.51. The maximum Gasteiger partial charge on any atom is 0.267 e. The molecule has 0 saturated heterocycles. The molecule has 0 aliphatic heterocycles. The van der Waals surface area contributed by atoms with Crippen molar-refractivity contribution < 1.29 is 19.0 Å². The summed E-state index contributed by atoms with van der Waals surface area (Å²) in [5.41, 5.74) is 0.413. The van der Waals surface area contributed by atoms with Crippen LogP contribution in [0.25, 0.3) is 0 Å². The highest BCUT2D eigenvalue weighted by molar-refractivity contribution is 7.67. The molecule has 0 unspecified atom stereocenters. The van der Waals surface area contributed by atoms with Gasteiger partial charge in [0.15, 0.2) is 5.34 Å². The second-order valence-electron chi connectivity index (χ2n) is 5.37. The van der Waals surface area contributed by atoms with Gasteiger partial charge in [-0.3, -0.25) is 9.36 Å². The van der Waals surface area contributed by atoms with Gasteiger partial charge >= 0.3 is 0 Å². The van der Waals surface area contributed by atoms with Crippen molar-refractivity contribution in [3.8, 4) is 0 Å². The van der Waals surface area contributed by atoms with E-state index in [-0.39, 0.29) is 18.8 Å². The Hall–Kier alpha value is -1.74. The molecule has 0 heterocycles. The number of Topliss-reactive ketones (excluding diaryl/α,β-unsaturated/α-hetero) is 1. The Balaban J connectivity index is 2.68. The van der Waals surface area contributed by atoms with Gasteiger partial charge < -0.3 is 9.63 Å². The molecule has 0 saturated carbocycles. The van der Waals surface area contributed by atoms with Crippen LogP contribution in [-0.2, 0) is 19.2 Å². The van der Waals surface area contributed by atoms with E-state index >= 15 is 0 Å².